The van der Waals surface area contributed by atoms with E-state index >= 15 is 0 Å². The number of nitrogens with one attached hydrogen (secondary N) is 1. The number of carbonyl (C=O) groups excluding carboxylic acids is 1. The average molecular weight is 273 g/mol. The Bertz CT molecular complexity index is 248. The molecule has 0 radical (unpaired) electrons. The second-order valence-electron chi connectivity index (χ2n) is 5.05. The van der Waals surface area contributed by atoms with Crippen molar-refractivity contribution in [1.29, 1.82) is 0 Å². The number of hydrogen-bond donors (Lipinski definition) is 1. The van der Waals surface area contributed by atoms with E-state index in [-0.39, 0.29) is 12.0 Å². The maximum Gasteiger partial charge on any atom is 0.322 e. The Balaban J connectivity index is 2.54. The maximum absolute atomic E-state index is 11.8. The molecule has 0 heterocycles. The van der Waals surface area contributed by atoms with Crippen molar-refractivity contribution in [3.05, 3.63) is 0 Å². The summed E-state index contributed by atoms with van der Waals surface area (Å²) >= 11 is 1.92. The molecule has 1 saturated carbocycles. The Morgan fingerprint density at radius 1 is 1.44 bits per heavy atom. The smallest absolute Gasteiger partial charge is 0.322 e. The zero-order valence-corrected chi connectivity index (χ0v) is 12.7. The van der Waals surface area contributed by atoms with Crippen LogP contribution >= 0.6 is 11.8 Å². The van der Waals surface area contributed by atoms with Gasteiger partial charge in [-0.15, -0.1) is 0 Å². The van der Waals surface area contributed by atoms with Gasteiger partial charge in [-0.1, -0.05) is 32.6 Å². The molecule has 0 bridgehead atoms. The molecule has 3 nitrogen and oxygen atoms in total. The van der Waals surface area contributed by atoms with Gasteiger partial charge in [-0.3, -0.25) is 4.79 Å². The number of thioether (sulfide) groups is 1. The van der Waals surface area contributed by atoms with Crippen molar-refractivity contribution in [2.75, 3.05) is 13.4 Å². The number of esters is 1. The molecule has 0 spiro atoms. The van der Waals surface area contributed by atoms with Gasteiger partial charge in [0.25, 0.3) is 0 Å². The first-order valence-electron chi connectivity index (χ1n) is 7.09. The normalized spacial score (nSPS) is 25.7. The summed E-state index contributed by atoms with van der Waals surface area (Å²) in [6, 6.07) is 0.349. The van der Waals surface area contributed by atoms with Crippen LogP contribution in [0.5, 0.6) is 0 Å². The molecule has 1 fully saturated rings. The van der Waals surface area contributed by atoms with Crippen LogP contribution in [0.2, 0.25) is 0 Å². The Kier molecular flexibility index (Phi) is 7.75. The Morgan fingerprint density at radius 3 is 2.78 bits per heavy atom. The highest BCUT2D eigenvalue weighted by Gasteiger charge is 2.29. The lowest BCUT2D eigenvalue weighted by Gasteiger charge is -2.33. The molecule has 1 aliphatic rings. The molecule has 0 aromatic heterocycles. The lowest BCUT2D eigenvalue weighted by atomic mass is 9.93. The van der Waals surface area contributed by atoms with Crippen molar-refractivity contribution in [3.63, 3.8) is 0 Å². The van der Waals surface area contributed by atoms with Gasteiger partial charge in [-0.2, -0.15) is 11.8 Å². The molecule has 0 saturated heterocycles. The fraction of sp³-hybridized carbons (Fsp3) is 0.929. The summed E-state index contributed by atoms with van der Waals surface area (Å²) in [5.74, 6) is -0.103. The average Bonchev–Trinajstić information content (AvgIpc) is 2.42. The van der Waals surface area contributed by atoms with Crippen molar-refractivity contribution < 1.29 is 9.53 Å². The molecule has 0 aromatic carbocycles. The van der Waals surface area contributed by atoms with Crippen molar-refractivity contribution in [2.45, 2.75) is 69.2 Å². The minimum absolute atomic E-state index is 0.103. The van der Waals surface area contributed by atoms with E-state index in [1.54, 1.807) is 0 Å². The molecular weight excluding hydrogens is 246 g/mol. The highest BCUT2D eigenvalue weighted by atomic mass is 32.2. The number of methoxy groups -OCH3 is 1. The number of ether oxygens (including phenoxy) is 1. The van der Waals surface area contributed by atoms with Gasteiger partial charge in [0.05, 0.1) is 7.11 Å². The second kappa shape index (κ2) is 8.81. The first-order chi connectivity index (χ1) is 8.72. The summed E-state index contributed by atoms with van der Waals surface area (Å²) in [6.45, 7) is 2.15. The van der Waals surface area contributed by atoms with Crippen LogP contribution in [-0.2, 0) is 9.53 Å². The van der Waals surface area contributed by atoms with Gasteiger partial charge in [-0.05, 0) is 25.5 Å². The largest absolute Gasteiger partial charge is 0.468 e. The molecule has 1 N–H and O–H groups in total. The summed E-state index contributed by atoms with van der Waals surface area (Å²) in [5.41, 5.74) is 0. The van der Waals surface area contributed by atoms with Gasteiger partial charge >= 0.3 is 5.97 Å². The van der Waals surface area contributed by atoms with Crippen molar-refractivity contribution in [2.24, 2.45) is 0 Å². The van der Waals surface area contributed by atoms with Crippen molar-refractivity contribution >= 4 is 17.7 Å². The summed E-state index contributed by atoms with van der Waals surface area (Å²) in [4.78, 5) is 11.8. The van der Waals surface area contributed by atoms with Gasteiger partial charge in [-0.25, -0.2) is 0 Å². The van der Waals surface area contributed by atoms with Crippen LogP contribution in [0.25, 0.3) is 0 Å². The zero-order valence-electron chi connectivity index (χ0n) is 11.9. The molecule has 3 atom stereocenters. The SMILES string of the molecule is CCCCC(NC1CCCCC1SC)C(=O)OC. The monoisotopic (exact) mass is 273 g/mol. The molecule has 0 amide bonds. The van der Waals surface area contributed by atoms with E-state index in [9.17, 15) is 4.79 Å². The van der Waals surface area contributed by atoms with E-state index < -0.39 is 0 Å². The number of rotatable bonds is 7. The fourth-order valence-electron chi connectivity index (χ4n) is 2.65. The van der Waals surface area contributed by atoms with Gasteiger partial charge in [0.2, 0.25) is 0 Å². The van der Waals surface area contributed by atoms with Gasteiger partial charge in [0.15, 0.2) is 0 Å². The van der Waals surface area contributed by atoms with Crippen LogP contribution in [0.15, 0.2) is 0 Å². The molecule has 4 heteroatoms. The number of unbranched alkanes of at least 4 members (excludes halogenated alkanes) is 1. The van der Waals surface area contributed by atoms with Crippen molar-refractivity contribution in [1.82, 2.24) is 5.32 Å². The predicted molar refractivity (Wildman–Crippen MR) is 78.0 cm³/mol. The van der Waals surface area contributed by atoms with E-state index in [4.69, 9.17) is 4.74 Å². The summed E-state index contributed by atoms with van der Waals surface area (Å²) in [5, 5.41) is 4.19. The lowest BCUT2D eigenvalue weighted by Crippen LogP contribution is -2.49. The van der Waals surface area contributed by atoms with Crippen LogP contribution < -0.4 is 5.32 Å². The molecule has 0 aliphatic heterocycles. The van der Waals surface area contributed by atoms with Gasteiger partial charge in [0, 0.05) is 11.3 Å². The quantitative estimate of drug-likeness (QED) is 0.724. The molecule has 0 aromatic rings. The summed E-state index contributed by atoms with van der Waals surface area (Å²) in [7, 11) is 1.48. The minimum atomic E-state index is -0.118. The minimum Gasteiger partial charge on any atom is -0.468 e. The fourth-order valence-corrected chi connectivity index (χ4v) is 3.59. The highest BCUT2D eigenvalue weighted by Crippen LogP contribution is 2.27. The predicted octanol–water partition coefficient (Wildman–Crippen LogP) is 2.98. The molecule has 106 valence electrons. The van der Waals surface area contributed by atoms with Crippen LogP contribution in [0.1, 0.15) is 51.9 Å². The zero-order chi connectivity index (χ0) is 13.4. The van der Waals surface area contributed by atoms with E-state index in [1.807, 2.05) is 11.8 Å². The van der Waals surface area contributed by atoms with E-state index in [2.05, 4.69) is 18.5 Å². The molecule has 3 unspecified atom stereocenters. The Morgan fingerprint density at radius 2 is 2.17 bits per heavy atom. The van der Waals surface area contributed by atoms with E-state index in [0.717, 1.165) is 19.3 Å². The third-order valence-electron chi connectivity index (χ3n) is 3.75. The van der Waals surface area contributed by atoms with Crippen LogP contribution in [0.3, 0.4) is 0 Å². The Labute approximate surface area is 115 Å². The van der Waals surface area contributed by atoms with Gasteiger partial charge in [0.1, 0.15) is 6.04 Å². The van der Waals surface area contributed by atoms with Crippen LogP contribution in [0, 0.1) is 0 Å². The summed E-state index contributed by atoms with van der Waals surface area (Å²) < 4.78 is 4.91. The Hall–Kier alpha value is -0.220. The second-order valence-corrected chi connectivity index (χ2v) is 6.13. The van der Waals surface area contributed by atoms with E-state index in [1.165, 1.54) is 32.8 Å². The lowest BCUT2D eigenvalue weighted by molar-refractivity contribution is -0.143. The van der Waals surface area contributed by atoms with Crippen LogP contribution in [-0.4, -0.2) is 36.7 Å². The standard InChI is InChI=1S/C14H27NO2S/c1-4-5-8-12(14(16)17-2)15-11-9-6-7-10-13(11)18-3/h11-13,15H,4-10H2,1-3H3. The van der Waals surface area contributed by atoms with Gasteiger partial charge < -0.3 is 10.1 Å². The van der Waals surface area contributed by atoms with Crippen molar-refractivity contribution in [3.8, 4) is 0 Å². The first-order valence-corrected chi connectivity index (χ1v) is 8.38. The number of carbonyl (C=O) groups is 1. The molecule has 1 aliphatic carbocycles. The summed E-state index contributed by atoms with van der Waals surface area (Å²) in [6.07, 6.45) is 10.3. The maximum atomic E-state index is 11.8. The molecule has 1 rings (SSSR count). The number of hydrogen-bond acceptors (Lipinski definition) is 4. The molecule has 18 heavy (non-hydrogen) atoms. The third-order valence-corrected chi connectivity index (χ3v) is 4.92. The molecular formula is C14H27NO2S. The third kappa shape index (κ3) is 4.81. The topological polar surface area (TPSA) is 38.3 Å². The van der Waals surface area contributed by atoms with Crippen LogP contribution in [0.4, 0.5) is 0 Å². The van der Waals surface area contributed by atoms with E-state index in [0.29, 0.717) is 11.3 Å². The first kappa shape index (κ1) is 15.8. The highest BCUT2D eigenvalue weighted by molar-refractivity contribution is 7.99.